The molecule has 35 heavy (non-hydrogen) atoms. The number of anilines is 2. The monoisotopic (exact) mass is 469 g/mol. The number of aryl methyl sites for hydroxylation is 1. The van der Waals surface area contributed by atoms with Crippen LogP contribution in [0.25, 0.3) is 0 Å². The number of hydrogen-bond donors (Lipinski definition) is 1. The molecule has 0 unspecified atom stereocenters. The third-order valence-corrected chi connectivity index (χ3v) is 5.85. The van der Waals surface area contributed by atoms with Crippen LogP contribution in [0.1, 0.15) is 33.5 Å². The van der Waals surface area contributed by atoms with E-state index in [4.69, 9.17) is 5.26 Å². The first kappa shape index (κ1) is 23.4. The molecule has 3 aromatic carbocycles. The lowest BCUT2D eigenvalue weighted by Crippen LogP contribution is -2.49. The topological polar surface area (TPSA) is 120 Å². The number of hydrogen-bond acceptors (Lipinski definition) is 5. The first-order valence-corrected chi connectivity index (χ1v) is 11.1. The van der Waals surface area contributed by atoms with E-state index < -0.39 is 10.8 Å². The van der Waals surface area contributed by atoms with Crippen LogP contribution < -0.4 is 10.2 Å². The van der Waals surface area contributed by atoms with Crippen LogP contribution in [0.5, 0.6) is 0 Å². The number of nitrogens with one attached hydrogen (secondary N) is 1. The molecule has 3 amide bonds. The lowest BCUT2D eigenvalue weighted by Gasteiger charge is -2.35. The van der Waals surface area contributed by atoms with Crippen molar-refractivity contribution in [2.75, 3.05) is 23.3 Å². The number of urea groups is 1. The van der Waals surface area contributed by atoms with Gasteiger partial charge in [0, 0.05) is 48.2 Å². The zero-order valence-electron chi connectivity index (χ0n) is 19.1. The summed E-state index contributed by atoms with van der Waals surface area (Å²) in [6.45, 7) is 3.24. The van der Waals surface area contributed by atoms with Crippen LogP contribution in [0.2, 0.25) is 0 Å². The van der Waals surface area contributed by atoms with Crippen LogP contribution in [-0.2, 0) is 6.54 Å². The summed E-state index contributed by atoms with van der Waals surface area (Å²) < 4.78 is 0. The highest BCUT2D eigenvalue weighted by Crippen LogP contribution is 2.25. The van der Waals surface area contributed by atoms with Crippen molar-refractivity contribution in [1.82, 2.24) is 4.90 Å². The number of benzene rings is 3. The number of nitro groups is 1. The van der Waals surface area contributed by atoms with Crippen LogP contribution in [0.4, 0.5) is 21.9 Å². The van der Waals surface area contributed by atoms with Crippen LogP contribution >= 0.6 is 0 Å². The summed E-state index contributed by atoms with van der Waals surface area (Å²) in [5.41, 5.74) is 3.23. The quantitative estimate of drug-likeness (QED) is 0.408. The molecule has 0 spiro atoms. The number of rotatable bonds is 6. The molecular formula is C26H23N5O4. The Kier molecular flexibility index (Phi) is 6.73. The molecular weight excluding hydrogens is 446 g/mol. The van der Waals surface area contributed by atoms with E-state index in [9.17, 15) is 19.7 Å². The fraction of sp³-hybridized carbons (Fsp3) is 0.192. The molecule has 1 aliphatic heterocycles. The number of carbonyl (C=O) groups is 2. The van der Waals surface area contributed by atoms with Gasteiger partial charge in [-0.1, -0.05) is 18.2 Å². The summed E-state index contributed by atoms with van der Waals surface area (Å²) in [6, 6.07) is 20.4. The molecule has 9 nitrogen and oxygen atoms in total. The second-order valence-corrected chi connectivity index (χ2v) is 8.28. The summed E-state index contributed by atoms with van der Waals surface area (Å²) in [7, 11) is 0. The molecule has 0 saturated carbocycles. The Morgan fingerprint density at radius 3 is 2.60 bits per heavy atom. The number of nitro benzene ring substituents is 1. The molecule has 0 aliphatic carbocycles. The van der Waals surface area contributed by atoms with E-state index >= 15 is 0 Å². The Labute approximate surface area is 202 Å². The second-order valence-electron chi connectivity index (χ2n) is 8.28. The van der Waals surface area contributed by atoms with Gasteiger partial charge in [0.1, 0.15) is 0 Å². The predicted molar refractivity (Wildman–Crippen MR) is 131 cm³/mol. The smallest absolute Gasteiger partial charge is 0.322 e. The number of nitriles is 1. The molecule has 0 radical (unpaired) electrons. The minimum absolute atomic E-state index is 0.111. The van der Waals surface area contributed by atoms with E-state index in [0.717, 1.165) is 12.0 Å². The zero-order chi connectivity index (χ0) is 24.9. The Bertz CT molecular complexity index is 1330. The van der Waals surface area contributed by atoms with Crippen LogP contribution in [0, 0.1) is 28.4 Å². The maximum absolute atomic E-state index is 13.1. The Morgan fingerprint density at radius 2 is 1.89 bits per heavy atom. The highest BCUT2D eigenvalue weighted by Gasteiger charge is 2.27. The molecule has 1 N–H and O–H groups in total. The Hall–Kier alpha value is -4.71. The molecule has 0 bridgehead atoms. The summed E-state index contributed by atoms with van der Waals surface area (Å²) in [6.07, 6.45) is 0.800. The molecule has 0 atom stereocenters. The third-order valence-electron chi connectivity index (χ3n) is 5.85. The molecule has 4 rings (SSSR count). The SMILES string of the molecule is Cc1ccc(C(=O)Nc2ccc(N3CCCN(Cc4cccc(C#N)c4)C3=O)cc2)cc1[N+](=O)[O-]. The van der Waals surface area contributed by atoms with Crippen molar-refractivity contribution in [2.24, 2.45) is 0 Å². The van der Waals surface area contributed by atoms with Gasteiger partial charge < -0.3 is 10.2 Å². The summed E-state index contributed by atoms with van der Waals surface area (Å²) >= 11 is 0. The number of carbonyl (C=O) groups excluding carboxylic acids is 2. The molecule has 176 valence electrons. The predicted octanol–water partition coefficient (Wildman–Crippen LogP) is 4.86. The molecule has 0 aromatic heterocycles. The second kappa shape index (κ2) is 10.1. The van der Waals surface area contributed by atoms with Crippen molar-refractivity contribution in [2.45, 2.75) is 19.9 Å². The van der Waals surface area contributed by atoms with E-state index in [1.54, 1.807) is 65.3 Å². The summed E-state index contributed by atoms with van der Waals surface area (Å²) in [5, 5.41) is 23.0. The van der Waals surface area contributed by atoms with Gasteiger partial charge in [-0.15, -0.1) is 0 Å². The highest BCUT2D eigenvalue weighted by atomic mass is 16.6. The fourth-order valence-electron chi connectivity index (χ4n) is 4.00. The fourth-order valence-corrected chi connectivity index (χ4v) is 4.00. The Balaban J connectivity index is 1.44. The summed E-state index contributed by atoms with van der Waals surface area (Å²) in [4.78, 5) is 39.8. The lowest BCUT2D eigenvalue weighted by molar-refractivity contribution is -0.385. The van der Waals surface area contributed by atoms with Crippen molar-refractivity contribution >= 4 is 29.0 Å². The number of nitrogens with zero attached hydrogens (tertiary/aromatic N) is 4. The van der Waals surface area contributed by atoms with E-state index in [-0.39, 0.29) is 17.3 Å². The van der Waals surface area contributed by atoms with Gasteiger partial charge in [0.15, 0.2) is 0 Å². The molecule has 1 heterocycles. The van der Waals surface area contributed by atoms with E-state index in [1.165, 1.54) is 6.07 Å². The molecule has 1 saturated heterocycles. The lowest BCUT2D eigenvalue weighted by atomic mass is 10.1. The van der Waals surface area contributed by atoms with Gasteiger partial charge in [0.25, 0.3) is 11.6 Å². The Morgan fingerprint density at radius 1 is 1.11 bits per heavy atom. The zero-order valence-corrected chi connectivity index (χ0v) is 19.1. The van der Waals surface area contributed by atoms with Crippen molar-refractivity contribution in [3.8, 4) is 6.07 Å². The van der Waals surface area contributed by atoms with Crippen molar-refractivity contribution in [3.63, 3.8) is 0 Å². The van der Waals surface area contributed by atoms with Gasteiger partial charge in [0.05, 0.1) is 16.6 Å². The van der Waals surface area contributed by atoms with Crippen molar-refractivity contribution < 1.29 is 14.5 Å². The first-order valence-electron chi connectivity index (χ1n) is 11.1. The van der Waals surface area contributed by atoms with Gasteiger partial charge in [-0.3, -0.25) is 19.8 Å². The molecule has 1 fully saturated rings. The largest absolute Gasteiger partial charge is 0.324 e. The van der Waals surface area contributed by atoms with Gasteiger partial charge in [0.2, 0.25) is 0 Å². The van der Waals surface area contributed by atoms with Gasteiger partial charge in [-0.05, 0) is 61.4 Å². The minimum Gasteiger partial charge on any atom is -0.322 e. The van der Waals surface area contributed by atoms with E-state index in [0.29, 0.717) is 42.1 Å². The molecule has 9 heteroatoms. The normalized spacial score (nSPS) is 13.3. The van der Waals surface area contributed by atoms with E-state index in [1.807, 2.05) is 12.1 Å². The third kappa shape index (κ3) is 5.28. The average molecular weight is 470 g/mol. The summed E-state index contributed by atoms with van der Waals surface area (Å²) in [5.74, 6) is -0.458. The highest BCUT2D eigenvalue weighted by molar-refractivity contribution is 6.05. The first-order chi connectivity index (χ1) is 16.9. The van der Waals surface area contributed by atoms with E-state index in [2.05, 4.69) is 11.4 Å². The van der Waals surface area contributed by atoms with Crippen LogP contribution in [0.15, 0.2) is 66.7 Å². The van der Waals surface area contributed by atoms with Crippen LogP contribution in [-0.4, -0.2) is 34.9 Å². The standard InChI is InChI=1S/C26H23N5O4/c1-18-6-7-21(15-24(18)31(34)35)25(32)28-22-8-10-23(11-9-22)30-13-3-12-29(26(30)33)17-20-5-2-4-19(14-20)16-27/h2,4-11,14-15H,3,12-13,17H2,1H3,(H,28,32). The van der Waals surface area contributed by atoms with Crippen molar-refractivity contribution in [1.29, 1.82) is 5.26 Å². The van der Waals surface area contributed by atoms with Gasteiger partial charge >= 0.3 is 6.03 Å². The minimum atomic E-state index is -0.514. The van der Waals surface area contributed by atoms with Crippen molar-refractivity contribution in [3.05, 3.63) is 99.1 Å². The molecule has 3 aromatic rings. The maximum Gasteiger partial charge on any atom is 0.324 e. The average Bonchev–Trinajstić information content (AvgIpc) is 2.86. The van der Waals surface area contributed by atoms with Gasteiger partial charge in [-0.25, -0.2) is 4.79 Å². The maximum atomic E-state index is 13.1. The van der Waals surface area contributed by atoms with Crippen LogP contribution in [0.3, 0.4) is 0 Å². The number of amides is 3. The molecule has 1 aliphatic rings. The van der Waals surface area contributed by atoms with Gasteiger partial charge in [-0.2, -0.15) is 5.26 Å².